The van der Waals surface area contributed by atoms with Crippen LogP contribution in [0, 0.1) is 6.92 Å². The van der Waals surface area contributed by atoms with Gasteiger partial charge in [-0.05, 0) is 54.5 Å². The number of anilines is 2. The van der Waals surface area contributed by atoms with E-state index in [-0.39, 0.29) is 15.7 Å². The van der Waals surface area contributed by atoms with Gasteiger partial charge in [-0.15, -0.1) is 3.98 Å². The van der Waals surface area contributed by atoms with Gasteiger partial charge in [0, 0.05) is 59.8 Å². The third-order valence-corrected chi connectivity index (χ3v) is 10.8. The summed E-state index contributed by atoms with van der Waals surface area (Å²) in [6.45, 7) is 10.8. The second-order valence-corrected chi connectivity index (χ2v) is 14.4. The molecule has 0 N–H and O–H groups in total. The number of likely N-dealkylation sites (N-methyl/N-ethyl adjacent to an activating group) is 2. The van der Waals surface area contributed by atoms with Crippen LogP contribution in [0.25, 0.3) is 0 Å². The van der Waals surface area contributed by atoms with Crippen LogP contribution in [0.5, 0.6) is 0 Å². The molecule has 2 heterocycles. The summed E-state index contributed by atoms with van der Waals surface area (Å²) in [5.41, 5.74) is 8.43. The standard InChI is InChI=1S/C37H42N3O2S/c1-27-23-25-29(26-24-27)43(41,42)40(8)28(15-13-21-34-36(2,3)30-17-9-11-19-32(30)38(34)6)16-14-22-35-37(4,5)31-18-10-12-20-33(31)39(35)7/h9-26H,1-8H3/q+1. The Hall–Kier alpha value is -4.16. The highest BCUT2D eigenvalue weighted by Gasteiger charge is 2.38. The molecule has 0 amide bonds. The number of sulfonamides is 1. The van der Waals surface area contributed by atoms with Crippen molar-refractivity contribution in [3.63, 3.8) is 0 Å². The van der Waals surface area contributed by atoms with Crippen LogP contribution < -0.4 is 9.80 Å². The Kier molecular flexibility index (Phi) is 7.86. The summed E-state index contributed by atoms with van der Waals surface area (Å²) in [6.07, 6.45) is 11.8. The molecular weight excluding hydrogens is 550 g/mol. The van der Waals surface area contributed by atoms with Crippen molar-refractivity contribution < 1.29 is 12.4 Å². The first-order valence-corrected chi connectivity index (χ1v) is 16.1. The van der Waals surface area contributed by atoms with Crippen LogP contribution in [0.4, 0.5) is 11.4 Å². The topological polar surface area (TPSA) is 43.6 Å². The summed E-state index contributed by atoms with van der Waals surface area (Å²) in [4.78, 5) is 4.68. The summed E-state index contributed by atoms with van der Waals surface area (Å²) in [5.74, 6) is 0. The highest BCUT2D eigenvalue weighted by molar-refractivity contribution is 7.85. The van der Waals surface area contributed by atoms with Gasteiger partial charge in [-0.1, -0.05) is 93.9 Å². The lowest BCUT2D eigenvalue weighted by molar-refractivity contribution is -0.325. The van der Waals surface area contributed by atoms with E-state index in [2.05, 4.69) is 112 Å². The fourth-order valence-corrected chi connectivity index (χ4v) is 7.55. The lowest BCUT2D eigenvalue weighted by atomic mass is 9.84. The Morgan fingerprint density at radius 3 is 1.53 bits per heavy atom. The fourth-order valence-electron chi connectivity index (χ4n) is 6.35. The number of para-hydroxylation sites is 2. The van der Waals surface area contributed by atoms with Crippen molar-refractivity contribution in [3.05, 3.63) is 137 Å². The van der Waals surface area contributed by atoms with Crippen LogP contribution in [0.15, 0.2) is 126 Å². The average Bonchev–Trinajstić information content (AvgIpc) is 3.30. The first-order valence-electron chi connectivity index (χ1n) is 14.6. The van der Waals surface area contributed by atoms with Gasteiger partial charge in [-0.25, -0.2) is 0 Å². The zero-order valence-electron chi connectivity index (χ0n) is 26.5. The third-order valence-electron chi connectivity index (χ3n) is 8.97. The molecule has 0 aliphatic carbocycles. The largest absolute Gasteiger partial charge is 0.395 e. The Balaban J connectivity index is 1.55. The average molecular weight is 593 g/mol. The van der Waals surface area contributed by atoms with Crippen molar-refractivity contribution >= 4 is 27.1 Å². The molecular formula is C37H42N3O2S+. The highest BCUT2D eigenvalue weighted by atomic mass is 32.2. The molecule has 0 fully saturated rings. The van der Waals surface area contributed by atoms with Crippen LogP contribution >= 0.6 is 0 Å². The van der Waals surface area contributed by atoms with Gasteiger partial charge in [-0.3, -0.25) is 0 Å². The molecule has 0 atom stereocenters. The van der Waals surface area contributed by atoms with E-state index in [1.165, 1.54) is 26.5 Å². The number of nitrogens with zero attached hydrogens (tertiary/aromatic N) is 3. The zero-order valence-corrected chi connectivity index (χ0v) is 27.3. The van der Waals surface area contributed by atoms with Crippen molar-refractivity contribution in [1.29, 1.82) is 0 Å². The molecule has 43 heavy (non-hydrogen) atoms. The molecule has 0 aromatic heterocycles. The van der Waals surface area contributed by atoms with Crippen LogP contribution in [0.1, 0.15) is 44.4 Å². The Bertz CT molecular complexity index is 1730. The molecule has 2 aliphatic heterocycles. The molecule has 3 aromatic carbocycles. The quantitative estimate of drug-likeness (QED) is 0.220. The van der Waals surface area contributed by atoms with Crippen LogP contribution in [0.2, 0.25) is 0 Å². The molecule has 0 radical (unpaired) electrons. The Labute approximate surface area is 257 Å². The number of hydrogen-bond acceptors (Lipinski definition) is 4. The van der Waals surface area contributed by atoms with Gasteiger partial charge in [0.1, 0.15) is 4.90 Å². The molecule has 222 valence electrons. The minimum atomic E-state index is -3.78. The van der Waals surface area contributed by atoms with Crippen LogP contribution in [-0.4, -0.2) is 39.3 Å². The molecule has 0 unspecified atom stereocenters. The smallest absolute Gasteiger partial charge is 0.347 e. The Morgan fingerprint density at radius 1 is 0.698 bits per heavy atom. The number of benzene rings is 3. The number of aryl methyl sites for hydroxylation is 1. The van der Waals surface area contributed by atoms with Gasteiger partial charge in [0.25, 0.3) is 0 Å². The number of hydrogen-bond donors (Lipinski definition) is 0. The van der Waals surface area contributed by atoms with Crippen molar-refractivity contribution in [2.24, 2.45) is 0 Å². The fraction of sp³-hybridized carbons (Fsp3) is 0.270. The minimum absolute atomic E-state index is 0.177. The maximum atomic E-state index is 13.7. The van der Waals surface area contributed by atoms with Gasteiger partial charge in [0.15, 0.2) is 7.05 Å². The predicted molar refractivity (Wildman–Crippen MR) is 180 cm³/mol. The van der Waals surface area contributed by atoms with Gasteiger partial charge in [-0.2, -0.15) is 8.42 Å². The van der Waals surface area contributed by atoms with E-state index in [4.69, 9.17) is 0 Å². The SMILES string of the molecule is Cc1ccc(S(=O)(=O)[N+](C)=C(C=CC=C2N(C)c3ccccc3C2(C)C)C=CC=C2N(C)c3ccccc3C2(C)C)cc1. The van der Waals surface area contributed by atoms with Crippen molar-refractivity contribution in [2.75, 3.05) is 30.9 Å². The van der Waals surface area contributed by atoms with E-state index in [1.807, 2.05) is 43.4 Å². The minimum Gasteiger partial charge on any atom is -0.347 e. The van der Waals surface area contributed by atoms with Crippen molar-refractivity contribution in [2.45, 2.75) is 50.3 Å². The molecule has 0 spiro atoms. The van der Waals surface area contributed by atoms with Gasteiger partial charge in [0.2, 0.25) is 5.71 Å². The number of allylic oxidation sites excluding steroid dienone is 8. The summed E-state index contributed by atoms with van der Waals surface area (Å²) >= 11 is 0. The van der Waals surface area contributed by atoms with E-state index in [1.54, 1.807) is 19.2 Å². The lowest BCUT2D eigenvalue weighted by Crippen LogP contribution is -2.24. The van der Waals surface area contributed by atoms with Gasteiger partial charge < -0.3 is 9.80 Å². The highest BCUT2D eigenvalue weighted by Crippen LogP contribution is 2.47. The lowest BCUT2D eigenvalue weighted by Gasteiger charge is -2.23. The molecule has 2 aliphatic rings. The molecule has 5 nitrogen and oxygen atoms in total. The second kappa shape index (κ2) is 11.2. The maximum Gasteiger partial charge on any atom is 0.395 e. The molecule has 6 heteroatoms. The van der Waals surface area contributed by atoms with E-state index >= 15 is 0 Å². The van der Waals surface area contributed by atoms with E-state index in [0.717, 1.165) is 17.0 Å². The monoisotopic (exact) mass is 592 g/mol. The normalized spacial score (nSPS) is 19.1. The summed E-state index contributed by atoms with van der Waals surface area (Å²) in [5, 5.41) is 0. The van der Waals surface area contributed by atoms with Crippen molar-refractivity contribution in [1.82, 2.24) is 0 Å². The summed E-state index contributed by atoms with van der Waals surface area (Å²) in [6, 6.07) is 23.9. The van der Waals surface area contributed by atoms with E-state index in [9.17, 15) is 8.42 Å². The Morgan fingerprint density at radius 2 is 1.12 bits per heavy atom. The third kappa shape index (κ3) is 5.29. The van der Waals surface area contributed by atoms with Crippen LogP contribution in [-0.2, 0) is 20.9 Å². The van der Waals surface area contributed by atoms with Crippen molar-refractivity contribution in [3.8, 4) is 0 Å². The molecule has 0 bridgehead atoms. The molecule has 5 rings (SSSR count). The zero-order chi connectivity index (χ0) is 31.2. The summed E-state index contributed by atoms with van der Waals surface area (Å²) < 4.78 is 28.8. The maximum absolute atomic E-state index is 13.7. The molecule has 0 saturated heterocycles. The first kappa shape index (κ1) is 30.3. The second-order valence-electron chi connectivity index (χ2n) is 12.4. The van der Waals surface area contributed by atoms with Crippen LogP contribution in [0.3, 0.4) is 0 Å². The predicted octanol–water partition coefficient (Wildman–Crippen LogP) is 7.50. The van der Waals surface area contributed by atoms with E-state index < -0.39 is 10.0 Å². The number of fused-ring (bicyclic) bond motifs is 2. The van der Waals surface area contributed by atoms with E-state index in [0.29, 0.717) is 5.71 Å². The first-order chi connectivity index (χ1) is 20.3. The number of rotatable bonds is 6. The van der Waals surface area contributed by atoms with Gasteiger partial charge >= 0.3 is 10.0 Å². The molecule has 0 saturated carbocycles. The molecule has 3 aromatic rings. The summed E-state index contributed by atoms with van der Waals surface area (Å²) in [7, 11) is 2.00. The van der Waals surface area contributed by atoms with Gasteiger partial charge in [0.05, 0.1) is 0 Å².